The van der Waals surface area contributed by atoms with Gasteiger partial charge in [-0.3, -0.25) is 4.18 Å². The molecular weight excluding hydrogens is 304 g/mol. The van der Waals surface area contributed by atoms with Crippen molar-refractivity contribution in [2.24, 2.45) is 5.41 Å². The smallest absolute Gasteiger partial charge is 0.296 e. The second kappa shape index (κ2) is 5.60. The van der Waals surface area contributed by atoms with Crippen LogP contribution in [0.15, 0.2) is 29.2 Å². The van der Waals surface area contributed by atoms with E-state index in [1.54, 1.807) is 24.3 Å². The van der Waals surface area contributed by atoms with Crippen LogP contribution >= 0.6 is 0 Å². The molecule has 1 aromatic carbocycles. The van der Waals surface area contributed by atoms with E-state index in [0.29, 0.717) is 6.61 Å². The maximum absolute atomic E-state index is 12.3. The van der Waals surface area contributed by atoms with Crippen molar-refractivity contribution in [3.8, 4) is 0 Å². The van der Waals surface area contributed by atoms with Crippen molar-refractivity contribution in [3.05, 3.63) is 29.8 Å². The quantitative estimate of drug-likeness (QED) is 0.838. The van der Waals surface area contributed by atoms with Gasteiger partial charge in [-0.25, -0.2) is 0 Å². The molecule has 0 amide bonds. The maximum atomic E-state index is 12.3. The molecule has 5 nitrogen and oxygen atoms in total. The molecule has 1 aliphatic carbocycles. The summed E-state index contributed by atoms with van der Waals surface area (Å²) in [5.74, 6) is 0. The normalized spacial score (nSPS) is 31.4. The molecule has 3 aliphatic rings. The summed E-state index contributed by atoms with van der Waals surface area (Å²) in [7, 11) is -3.73. The summed E-state index contributed by atoms with van der Waals surface area (Å²) in [4.78, 5) is 0.187. The first kappa shape index (κ1) is 15.9. The average Bonchev–Trinajstić information content (AvgIpc) is 2.55. The highest BCUT2D eigenvalue weighted by molar-refractivity contribution is 7.86. The number of benzene rings is 1. The van der Waals surface area contributed by atoms with Gasteiger partial charge in [-0.15, -0.1) is 0 Å². The number of aryl methyl sites for hydroxylation is 1. The molecule has 2 aliphatic heterocycles. The Bertz CT molecular complexity index is 610. The van der Waals surface area contributed by atoms with Gasteiger partial charge in [0.15, 0.2) is 0 Å². The first-order valence-corrected chi connectivity index (χ1v) is 9.01. The Morgan fingerprint density at radius 2 is 1.82 bits per heavy atom. The van der Waals surface area contributed by atoms with Gasteiger partial charge in [0, 0.05) is 5.41 Å². The van der Waals surface area contributed by atoms with Gasteiger partial charge in [-0.05, 0) is 44.7 Å². The van der Waals surface area contributed by atoms with Crippen LogP contribution in [-0.2, 0) is 19.0 Å². The van der Waals surface area contributed by atoms with Crippen LogP contribution in [0.25, 0.3) is 0 Å². The Morgan fingerprint density at radius 3 is 2.32 bits per heavy atom. The predicted molar refractivity (Wildman–Crippen MR) is 81.0 cm³/mol. The van der Waals surface area contributed by atoms with E-state index >= 15 is 0 Å². The van der Waals surface area contributed by atoms with Crippen molar-refractivity contribution in [2.45, 2.75) is 43.1 Å². The van der Waals surface area contributed by atoms with Crippen LogP contribution in [-0.4, -0.2) is 38.9 Å². The van der Waals surface area contributed by atoms with Gasteiger partial charge in [0.1, 0.15) is 0 Å². The molecule has 1 aromatic rings. The standard InChI is InChI=1S/C16H22O5S/c1-13-2-4-14(5-3-13)22(18,19)21-12-15-6-8-16(10-17,9-7-15)20-11-15/h2-5,17H,6-12H2,1H3. The third kappa shape index (κ3) is 2.93. The molecule has 22 heavy (non-hydrogen) atoms. The minimum Gasteiger partial charge on any atom is -0.393 e. The summed E-state index contributed by atoms with van der Waals surface area (Å²) < 4.78 is 35.6. The highest BCUT2D eigenvalue weighted by Crippen LogP contribution is 2.49. The molecule has 2 bridgehead atoms. The first-order valence-electron chi connectivity index (χ1n) is 7.60. The number of aliphatic hydroxyl groups excluding tert-OH is 1. The van der Waals surface area contributed by atoms with Crippen molar-refractivity contribution in [3.63, 3.8) is 0 Å². The lowest BCUT2D eigenvalue weighted by Crippen LogP contribution is -2.54. The summed E-state index contributed by atoms with van der Waals surface area (Å²) in [6.45, 7) is 2.54. The fourth-order valence-electron chi connectivity index (χ4n) is 3.20. The molecular formula is C16H22O5S. The lowest BCUT2D eigenvalue weighted by atomic mass is 9.67. The van der Waals surface area contributed by atoms with Crippen molar-refractivity contribution >= 4 is 10.1 Å². The second-order valence-corrected chi connectivity index (χ2v) is 8.27. The van der Waals surface area contributed by atoms with Gasteiger partial charge in [-0.2, -0.15) is 8.42 Å². The Hall–Kier alpha value is -0.950. The lowest BCUT2D eigenvalue weighted by molar-refractivity contribution is -0.205. The molecule has 0 unspecified atom stereocenters. The minimum atomic E-state index is -3.73. The van der Waals surface area contributed by atoms with Gasteiger partial charge in [0.2, 0.25) is 0 Å². The van der Waals surface area contributed by atoms with Crippen LogP contribution in [0, 0.1) is 12.3 Å². The molecule has 0 aromatic heterocycles. The van der Waals surface area contributed by atoms with Gasteiger partial charge < -0.3 is 9.84 Å². The molecule has 1 N–H and O–H groups in total. The van der Waals surface area contributed by atoms with Crippen molar-refractivity contribution in [1.29, 1.82) is 0 Å². The fourth-order valence-corrected chi connectivity index (χ4v) is 4.21. The third-order valence-corrected chi connectivity index (χ3v) is 6.30. The largest absolute Gasteiger partial charge is 0.393 e. The van der Waals surface area contributed by atoms with Gasteiger partial charge in [0.25, 0.3) is 10.1 Å². The van der Waals surface area contributed by atoms with Crippen LogP contribution in [0.3, 0.4) is 0 Å². The maximum Gasteiger partial charge on any atom is 0.296 e. The fraction of sp³-hybridized carbons (Fsp3) is 0.625. The van der Waals surface area contributed by atoms with E-state index < -0.39 is 15.7 Å². The number of ether oxygens (including phenoxy) is 1. The summed E-state index contributed by atoms with van der Waals surface area (Å²) in [6.07, 6.45) is 3.18. The summed E-state index contributed by atoms with van der Waals surface area (Å²) in [5.41, 5.74) is 0.359. The van der Waals surface area contributed by atoms with E-state index in [2.05, 4.69) is 0 Å². The van der Waals surface area contributed by atoms with E-state index in [1.807, 2.05) is 6.92 Å². The van der Waals surface area contributed by atoms with Gasteiger partial charge in [-0.1, -0.05) is 17.7 Å². The Kier molecular flexibility index (Phi) is 4.05. The summed E-state index contributed by atoms with van der Waals surface area (Å²) in [5, 5.41) is 9.43. The van der Waals surface area contributed by atoms with Gasteiger partial charge in [0.05, 0.1) is 30.3 Å². The highest BCUT2D eigenvalue weighted by atomic mass is 32.2. The molecule has 0 radical (unpaired) electrons. The highest BCUT2D eigenvalue weighted by Gasteiger charge is 2.50. The zero-order valence-electron chi connectivity index (χ0n) is 12.7. The zero-order chi connectivity index (χ0) is 15.8. The van der Waals surface area contributed by atoms with E-state index in [4.69, 9.17) is 8.92 Å². The Labute approximate surface area is 131 Å². The van der Waals surface area contributed by atoms with Crippen LogP contribution in [0.4, 0.5) is 0 Å². The van der Waals surface area contributed by atoms with Crippen molar-refractivity contribution in [1.82, 2.24) is 0 Å². The van der Waals surface area contributed by atoms with E-state index in [0.717, 1.165) is 31.2 Å². The average molecular weight is 326 g/mol. The molecule has 3 fully saturated rings. The molecule has 1 saturated carbocycles. The third-order valence-electron chi connectivity index (χ3n) is 5.02. The SMILES string of the molecule is Cc1ccc(S(=O)(=O)OCC23CCC(CO)(CC2)OC3)cc1. The van der Waals surface area contributed by atoms with Gasteiger partial charge >= 0.3 is 0 Å². The predicted octanol–water partition coefficient (Wildman–Crippen LogP) is 2.02. The van der Waals surface area contributed by atoms with E-state index in [-0.39, 0.29) is 23.5 Å². The molecule has 0 spiro atoms. The van der Waals surface area contributed by atoms with Crippen LogP contribution in [0.1, 0.15) is 31.2 Å². The van der Waals surface area contributed by atoms with Crippen LogP contribution < -0.4 is 0 Å². The number of hydrogen-bond acceptors (Lipinski definition) is 5. The second-order valence-electron chi connectivity index (χ2n) is 6.66. The zero-order valence-corrected chi connectivity index (χ0v) is 13.6. The van der Waals surface area contributed by atoms with Crippen LogP contribution in [0.2, 0.25) is 0 Å². The Morgan fingerprint density at radius 1 is 1.18 bits per heavy atom. The first-order chi connectivity index (χ1) is 10.4. The molecule has 2 heterocycles. The number of fused-ring (bicyclic) bond motifs is 3. The number of rotatable bonds is 5. The minimum absolute atomic E-state index is 0.0333. The van der Waals surface area contributed by atoms with E-state index in [1.165, 1.54) is 0 Å². The molecule has 6 heteroatoms. The summed E-state index contributed by atoms with van der Waals surface area (Å²) in [6, 6.07) is 6.65. The number of aliphatic hydroxyl groups is 1. The molecule has 0 atom stereocenters. The number of hydrogen-bond donors (Lipinski definition) is 1. The monoisotopic (exact) mass is 326 g/mol. The topological polar surface area (TPSA) is 72.8 Å². The van der Waals surface area contributed by atoms with Crippen molar-refractivity contribution in [2.75, 3.05) is 19.8 Å². The molecule has 2 saturated heterocycles. The van der Waals surface area contributed by atoms with Crippen molar-refractivity contribution < 1.29 is 22.4 Å². The van der Waals surface area contributed by atoms with Crippen LogP contribution in [0.5, 0.6) is 0 Å². The molecule has 122 valence electrons. The Balaban J connectivity index is 1.66. The summed E-state index contributed by atoms with van der Waals surface area (Å²) >= 11 is 0. The lowest BCUT2D eigenvalue weighted by Gasteiger charge is -2.52. The van der Waals surface area contributed by atoms with E-state index in [9.17, 15) is 13.5 Å². The molecule has 4 rings (SSSR count).